The van der Waals surface area contributed by atoms with Gasteiger partial charge in [0.05, 0.1) is 9.95 Å². The van der Waals surface area contributed by atoms with Crippen LogP contribution >= 0.6 is 11.6 Å². The summed E-state index contributed by atoms with van der Waals surface area (Å²) in [7, 11) is 0. The van der Waals surface area contributed by atoms with Gasteiger partial charge >= 0.3 is 0 Å². The molecule has 0 heterocycles. The zero-order valence-corrected chi connectivity index (χ0v) is 9.32. The summed E-state index contributed by atoms with van der Waals surface area (Å²) in [4.78, 5) is 10.0. The first-order valence-electron chi connectivity index (χ1n) is 4.78. The molecular weight excluding hydrogens is 245 g/mol. The summed E-state index contributed by atoms with van der Waals surface area (Å²) in [6.07, 6.45) is 0. The molecule has 0 aliphatic carbocycles. The summed E-state index contributed by atoms with van der Waals surface area (Å²) >= 11 is 5.66. The van der Waals surface area contributed by atoms with Gasteiger partial charge in [0, 0.05) is 12.1 Å². The van der Waals surface area contributed by atoms with Crippen molar-refractivity contribution in [1.82, 2.24) is 0 Å². The van der Waals surface area contributed by atoms with Crippen LogP contribution in [0.25, 0.3) is 11.1 Å². The summed E-state index contributed by atoms with van der Waals surface area (Å²) < 4.78 is 13.0. The highest BCUT2D eigenvalue weighted by Gasteiger charge is 2.06. The molecule has 5 heteroatoms. The molecule has 0 amide bonds. The van der Waals surface area contributed by atoms with E-state index in [2.05, 4.69) is 0 Å². The van der Waals surface area contributed by atoms with Gasteiger partial charge in [0.1, 0.15) is 5.82 Å². The van der Waals surface area contributed by atoms with Gasteiger partial charge in [-0.15, -0.1) is 0 Å². The third-order valence-electron chi connectivity index (χ3n) is 2.33. The number of nitro groups is 1. The third-order valence-corrected chi connectivity index (χ3v) is 2.62. The number of benzene rings is 2. The molecule has 0 N–H and O–H groups in total. The van der Waals surface area contributed by atoms with Crippen LogP contribution in [0.3, 0.4) is 0 Å². The van der Waals surface area contributed by atoms with E-state index in [1.165, 1.54) is 24.3 Å². The van der Waals surface area contributed by atoms with E-state index in [4.69, 9.17) is 11.6 Å². The molecule has 2 aromatic carbocycles. The Morgan fingerprint density at radius 1 is 1.06 bits per heavy atom. The van der Waals surface area contributed by atoms with E-state index >= 15 is 0 Å². The van der Waals surface area contributed by atoms with Crippen LogP contribution in [0, 0.1) is 15.9 Å². The maximum Gasteiger partial charge on any atom is 0.269 e. The number of hydrogen-bond acceptors (Lipinski definition) is 2. The SMILES string of the molecule is O=[N+]([O-])c1ccc(-c2ccc(F)c(Cl)c2)cc1. The lowest BCUT2D eigenvalue weighted by molar-refractivity contribution is -0.384. The van der Waals surface area contributed by atoms with Crippen LogP contribution in [-0.2, 0) is 0 Å². The standard InChI is InChI=1S/C12H7ClFNO2/c13-11-7-9(3-6-12(11)14)8-1-4-10(5-2-8)15(16)17/h1-7H. The Bertz CT molecular complexity index is 569. The Kier molecular flexibility index (Phi) is 3.06. The molecular formula is C12H7ClFNO2. The predicted molar refractivity (Wildman–Crippen MR) is 63.5 cm³/mol. The molecule has 0 atom stereocenters. The van der Waals surface area contributed by atoms with Crippen LogP contribution in [0.15, 0.2) is 42.5 Å². The van der Waals surface area contributed by atoms with Crippen molar-refractivity contribution in [2.45, 2.75) is 0 Å². The zero-order chi connectivity index (χ0) is 12.4. The molecule has 0 saturated heterocycles. The van der Waals surface area contributed by atoms with Gasteiger partial charge in [-0.05, 0) is 35.4 Å². The minimum atomic E-state index is -0.489. The first kappa shape index (κ1) is 11.5. The van der Waals surface area contributed by atoms with Crippen molar-refractivity contribution in [3.63, 3.8) is 0 Å². The van der Waals surface area contributed by atoms with E-state index in [0.717, 1.165) is 5.56 Å². The number of hydrogen-bond donors (Lipinski definition) is 0. The van der Waals surface area contributed by atoms with Crippen molar-refractivity contribution in [3.05, 3.63) is 63.4 Å². The maximum absolute atomic E-state index is 13.0. The van der Waals surface area contributed by atoms with Gasteiger partial charge in [-0.3, -0.25) is 10.1 Å². The van der Waals surface area contributed by atoms with E-state index in [9.17, 15) is 14.5 Å². The lowest BCUT2D eigenvalue weighted by Gasteiger charge is -2.02. The Morgan fingerprint density at radius 2 is 1.65 bits per heavy atom. The zero-order valence-electron chi connectivity index (χ0n) is 8.56. The molecule has 0 spiro atoms. The Balaban J connectivity index is 2.39. The van der Waals surface area contributed by atoms with Gasteiger partial charge in [-0.1, -0.05) is 17.7 Å². The van der Waals surface area contributed by atoms with Crippen molar-refractivity contribution in [2.24, 2.45) is 0 Å². The predicted octanol–water partition coefficient (Wildman–Crippen LogP) is 4.05. The summed E-state index contributed by atoms with van der Waals surface area (Å²) in [5.74, 6) is -0.489. The highest BCUT2D eigenvalue weighted by atomic mass is 35.5. The smallest absolute Gasteiger partial charge is 0.258 e. The van der Waals surface area contributed by atoms with Crippen molar-refractivity contribution in [3.8, 4) is 11.1 Å². The fourth-order valence-electron chi connectivity index (χ4n) is 1.45. The molecule has 2 rings (SSSR count). The van der Waals surface area contributed by atoms with Gasteiger partial charge in [0.25, 0.3) is 5.69 Å². The van der Waals surface area contributed by atoms with Crippen LogP contribution in [0.2, 0.25) is 5.02 Å². The lowest BCUT2D eigenvalue weighted by atomic mass is 10.1. The lowest BCUT2D eigenvalue weighted by Crippen LogP contribution is -1.87. The molecule has 0 radical (unpaired) electrons. The molecule has 0 bridgehead atoms. The van der Waals surface area contributed by atoms with Gasteiger partial charge in [0.15, 0.2) is 0 Å². The van der Waals surface area contributed by atoms with E-state index in [1.807, 2.05) is 0 Å². The molecule has 3 nitrogen and oxygen atoms in total. The van der Waals surface area contributed by atoms with Gasteiger partial charge < -0.3 is 0 Å². The molecule has 0 aromatic heterocycles. The fraction of sp³-hybridized carbons (Fsp3) is 0. The Morgan fingerprint density at radius 3 is 2.18 bits per heavy atom. The molecule has 0 saturated carbocycles. The molecule has 0 unspecified atom stereocenters. The molecule has 17 heavy (non-hydrogen) atoms. The van der Waals surface area contributed by atoms with E-state index < -0.39 is 10.7 Å². The van der Waals surface area contributed by atoms with Crippen LogP contribution in [-0.4, -0.2) is 4.92 Å². The molecule has 0 aliphatic heterocycles. The second kappa shape index (κ2) is 4.51. The average molecular weight is 252 g/mol. The van der Waals surface area contributed by atoms with Crippen molar-refractivity contribution in [1.29, 1.82) is 0 Å². The second-order valence-electron chi connectivity index (χ2n) is 3.43. The Hall–Kier alpha value is -1.94. The number of halogens is 2. The summed E-state index contributed by atoms with van der Waals surface area (Å²) in [6, 6.07) is 10.3. The van der Waals surface area contributed by atoms with Gasteiger partial charge in [0.2, 0.25) is 0 Å². The van der Waals surface area contributed by atoms with E-state index in [-0.39, 0.29) is 10.7 Å². The quantitative estimate of drug-likeness (QED) is 0.597. The monoisotopic (exact) mass is 251 g/mol. The minimum absolute atomic E-state index is 0.0157. The van der Waals surface area contributed by atoms with E-state index in [1.54, 1.807) is 18.2 Å². The average Bonchev–Trinajstić information content (AvgIpc) is 2.33. The first-order chi connectivity index (χ1) is 8.08. The second-order valence-corrected chi connectivity index (χ2v) is 3.84. The first-order valence-corrected chi connectivity index (χ1v) is 5.15. The summed E-state index contributed by atoms with van der Waals surface area (Å²) in [5.41, 5.74) is 1.48. The maximum atomic E-state index is 13.0. The molecule has 2 aromatic rings. The minimum Gasteiger partial charge on any atom is -0.258 e. The highest BCUT2D eigenvalue weighted by Crippen LogP contribution is 2.26. The highest BCUT2D eigenvalue weighted by molar-refractivity contribution is 6.31. The van der Waals surface area contributed by atoms with E-state index in [0.29, 0.717) is 5.56 Å². The van der Waals surface area contributed by atoms with Crippen LogP contribution in [0.4, 0.5) is 10.1 Å². The van der Waals surface area contributed by atoms with Gasteiger partial charge in [-0.2, -0.15) is 0 Å². The molecule has 0 aliphatic rings. The number of nitro benzene ring substituents is 1. The van der Waals surface area contributed by atoms with Crippen molar-refractivity contribution < 1.29 is 9.31 Å². The largest absolute Gasteiger partial charge is 0.269 e. The number of non-ortho nitro benzene ring substituents is 1. The summed E-state index contributed by atoms with van der Waals surface area (Å²) in [5, 5.41) is 10.5. The van der Waals surface area contributed by atoms with Crippen LogP contribution < -0.4 is 0 Å². The normalized spacial score (nSPS) is 10.2. The van der Waals surface area contributed by atoms with Crippen molar-refractivity contribution >= 4 is 17.3 Å². The van der Waals surface area contributed by atoms with Crippen LogP contribution in [0.5, 0.6) is 0 Å². The number of rotatable bonds is 2. The Labute approximate surface area is 102 Å². The molecule has 0 fully saturated rings. The summed E-state index contributed by atoms with van der Waals surface area (Å²) in [6.45, 7) is 0. The van der Waals surface area contributed by atoms with Gasteiger partial charge in [-0.25, -0.2) is 4.39 Å². The third kappa shape index (κ3) is 2.42. The van der Waals surface area contributed by atoms with Crippen LogP contribution in [0.1, 0.15) is 0 Å². The number of nitrogens with zero attached hydrogens (tertiary/aromatic N) is 1. The molecule has 86 valence electrons. The fourth-order valence-corrected chi connectivity index (χ4v) is 1.63. The van der Waals surface area contributed by atoms with Crippen molar-refractivity contribution in [2.75, 3.05) is 0 Å². The topological polar surface area (TPSA) is 43.1 Å².